The van der Waals surface area contributed by atoms with E-state index in [4.69, 9.17) is 16.3 Å². The second-order valence-corrected chi connectivity index (χ2v) is 7.03. The summed E-state index contributed by atoms with van der Waals surface area (Å²) in [7, 11) is 1.32. The van der Waals surface area contributed by atoms with E-state index in [0.29, 0.717) is 23.7 Å². The molecule has 0 radical (unpaired) electrons. The molecule has 0 fully saturated rings. The Morgan fingerprint density at radius 3 is 2.00 bits per heavy atom. The third kappa shape index (κ3) is 7.36. The number of carbonyl (C=O) groups excluding carboxylic acids is 2. The normalized spacial score (nSPS) is 10.6. The highest BCUT2D eigenvalue weighted by atomic mass is 35.5. The van der Waals surface area contributed by atoms with Gasteiger partial charge >= 0.3 is 5.97 Å². The zero-order valence-corrected chi connectivity index (χ0v) is 17.1. The number of hydrogen-bond acceptors (Lipinski definition) is 3. The maximum atomic E-state index is 13.1. The predicted molar refractivity (Wildman–Crippen MR) is 107 cm³/mol. The van der Waals surface area contributed by atoms with E-state index in [1.54, 1.807) is 18.2 Å². The van der Waals surface area contributed by atoms with Gasteiger partial charge in [-0.3, -0.25) is 4.79 Å². The van der Waals surface area contributed by atoms with E-state index in [0.717, 1.165) is 38.5 Å². The molecule has 0 aliphatic carbocycles. The van der Waals surface area contributed by atoms with Crippen LogP contribution in [0.15, 0.2) is 18.2 Å². The molecule has 0 spiro atoms. The first-order chi connectivity index (χ1) is 12.5. The van der Waals surface area contributed by atoms with Crippen molar-refractivity contribution in [1.29, 1.82) is 0 Å². The minimum absolute atomic E-state index is 0.138. The van der Waals surface area contributed by atoms with Crippen molar-refractivity contribution in [2.45, 2.75) is 65.2 Å². The number of unbranched alkanes of at least 4 members (excludes halogenated alkanes) is 6. The van der Waals surface area contributed by atoms with Gasteiger partial charge in [0.15, 0.2) is 0 Å². The molecule has 4 nitrogen and oxygen atoms in total. The highest BCUT2D eigenvalue weighted by molar-refractivity contribution is 6.31. The lowest BCUT2D eigenvalue weighted by atomic mass is 10.1. The first kappa shape index (κ1) is 22.5. The van der Waals surface area contributed by atoms with Crippen molar-refractivity contribution in [3.63, 3.8) is 0 Å². The van der Waals surface area contributed by atoms with Crippen molar-refractivity contribution >= 4 is 23.5 Å². The third-order valence-electron chi connectivity index (χ3n) is 4.47. The Kier molecular flexibility index (Phi) is 11.0. The quantitative estimate of drug-likeness (QED) is 0.343. The molecule has 0 aromatic heterocycles. The Labute approximate surface area is 162 Å². The van der Waals surface area contributed by atoms with Gasteiger partial charge in [-0.15, -0.1) is 0 Å². The minimum atomic E-state index is -0.512. The zero-order chi connectivity index (χ0) is 19.4. The molecule has 1 rings (SSSR count). The molecule has 0 bridgehead atoms. The first-order valence-electron chi connectivity index (χ1n) is 9.72. The standard InChI is InChI=1S/C21H32ClNO3/c1-4-6-8-10-14-23(15-11-9-7-5-2)20(24)19-16-17(22)12-13-18(19)21(25)26-3/h12-13,16H,4-11,14-15H2,1-3H3. The Hall–Kier alpha value is -1.55. The molecule has 1 aromatic carbocycles. The predicted octanol–water partition coefficient (Wildman–Crippen LogP) is 5.73. The van der Waals surface area contributed by atoms with Crippen LogP contribution >= 0.6 is 11.6 Å². The molecule has 0 saturated carbocycles. The van der Waals surface area contributed by atoms with E-state index in [-0.39, 0.29) is 11.5 Å². The number of esters is 1. The molecular formula is C21H32ClNO3. The van der Waals surface area contributed by atoms with Gasteiger partial charge in [-0.1, -0.05) is 64.0 Å². The van der Waals surface area contributed by atoms with Crippen LogP contribution in [0.25, 0.3) is 0 Å². The Balaban J connectivity index is 2.94. The first-order valence-corrected chi connectivity index (χ1v) is 10.1. The van der Waals surface area contributed by atoms with E-state index < -0.39 is 5.97 Å². The van der Waals surface area contributed by atoms with E-state index in [1.165, 1.54) is 20.0 Å². The molecule has 0 aliphatic rings. The number of halogens is 1. The molecule has 5 heteroatoms. The van der Waals surface area contributed by atoms with Gasteiger partial charge in [-0.2, -0.15) is 0 Å². The molecular weight excluding hydrogens is 350 g/mol. The van der Waals surface area contributed by atoms with Crippen LogP contribution in [0, 0.1) is 0 Å². The third-order valence-corrected chi connectivity index (χ3v) is 4.70. The highest BCUT2D eigenvalue weighted by Crippen LogP contribution is 2.20. The Morgan fingerprint density at radius 2 is 1.50 bits per heavy atom. The lowest BCUT2D eigenvalue weighted by Gasteiger charge is -2.24. The number of carbonyl (C=O) groups is 2. The highest BCUT2D eigenvalue weighted by Gasteiger charge is 2.22. The second kappa shape index (κ2) is 12.7. The van der Waals surface area contributed by atoms with Gasteiger partial charge in [-0.05, 0) is 31.0 Å². The molecule has 1 amide bonds. The van der Waals surface area contributed by atoms with Gasteiger partial charge in [0.05, 0.1) is 18.2 Å². The number of methoxy groups -OCH3 is 1. The van der Waals surface area contributed by atoms with Crippen LogP contribution in [-0.2, 0) is 4.74 Å². The van der Waals surface area contributed by atoms with Gasteiger partial charge in [0.1, 0.15) is 0 Å². The fourth-order valence-electron chi connectivity index (χ4n) is 2.93. The van der Waals surface area contributed by atoms with Crippen molar-refractivity contribution in [2.75, 3.05) is 20.2 Å². The number of ether oxygens (including phenoxy) is 1. The SMILES string of the molecule is CCCCCCN(CCCCCC)C(=O)c1cc(Cl)ccc1C(=O)OC. The maximum Gasteiger partial charge on any atom is 0.338 e. The fraction of sp³-hybridized carbons (Fsp3) is 0.619. The van der Waals surface area contributed by atoms with Gasteiger partial charge < -0.3 is 9.64 Å². The zero-order valence-electron chi connectivity index (χ0n) is 16.4. The molecule has 1 aromatic rings. The van der Waals surface area contributed by atoms with Crippen LogP contribution in [0.3, 0.4) is 0 Å². The molecule has 0 saturated heterocycles. The fourth-order valence-corrected chi connectivity index (χ4v) is 3.10. The Bertz CT molecular complexity index is 562. The maximum absolute atomic E-state index is 13.1. The average molecular weight is 382 g/mol. The second-order valence-electron chi connectivity index (χ2n) is 6.60. The Morgan fingerprint density at radius 1 is 0.923 bits per heavy atom. The summed E-state index contributed by atoms with van der Waals surface area (Å²) in [5, 5.41) is 0.443. The van der Waals surface area contributed by atoms with E-state index in [1.807, 2.05) is 4.90 Å². The number of benzene rings is 1. The summed E-state index contributed by atoms with van der Waals surface area (Å²) in [5.41, 5.74) is 0.601. The van der Waals surface area contributed by atoms with Crippen LogP contribution < -0.4 is 0 Å². The van der Waals surface area contributed by atoms with Crippen molar-refractivity contribution < 1.29 is 14.3 Å². The van der Waals surface area contributed by atoms with Crippen LogP contribution in [0.1, 0.15) is 85.9 Å². The summed E-state index contributed by atoms with van der Waals surface area (Å²) in [5.74, 6) is -0.650. The molecule has 146 valence electrons. The van der Waals surface area contributed by atoms with Crippen LogP contribution in [-0.4, -0.2) is 37.0 Å². The molecule has 26 heavy (non-hydrogen) atoms. The lowest BCUT2D eigenvalue weighted by Crippen LogP contribution is -2.34. The number of hydrogen-bond donors (Lipinski definition) is 0. The summed E-state index contributed by atoms with van der Waals surface area (Å²) in [6.07, 6.45) is 8.81. The number of nitrogens with zero attached hydrogens (tertiary/aromatic N) is 1. The number of amides is 1. The minimum Gasteiger partial charge on any atom is -0.465 e. The van der Waals surface area contributed by atoms with Gasteiger partial charge in [-0.25, -0.2) is 4.79 Å². The lowest BCUT2D eigenvalue weighted by molar-refractivity contribution is 0.0589. The number of rotatable bonds is 12. The van der Waals surface area contributed by atoms with Crippen LogP contribution in [0.4, 0.5) is 0 Å². The van der Waals surface area contributed by atoms with E-state index in [2.05, 4.69) is 13.8 Å². The molecule has 0 heterocycles. The van der Waals surface area contributed by atoms with Gasteiger partial charge in [0, 0.05) is 18.1 Å². The monoisotopic (exact) mass is 381 g/mol. The average Bonchev–Trinajstić information content (AvgIpc) is 2.65. The molecule has 0 N–H and O–H groups in total. The van der Waals surface area contributed by atoms with E-state index >= 15 is 0 Å². The summed E-state index contributed by atoms with van der Waals surface area (Å²) in [6.45, 7) is 5.75. The van der Waals surface area contributed by atoms with Crippen molar-refractivity contribution in [2.24, 2.45) is 0 Å². The van der Waals surface area contributed by atoms with Gasteiger partial charge in [0.2, 0.25) is 0 Å². The van der Waals surface area contributed by atoms with Crippen molar-refractivity contribution in [1.82, 2.24) is 4.90 Å². The largest absolute Gasteiger partial charge is 0.465 e. The van der Waals surface area contributed by atoms with Crippen LogP contribution in [0.5, 0.6) is 0 Å². The summed E-state index contributed by atoms with van der Waals surface area (Å²) in [6, 6.07) is 4.74. The molecule has 0 atom stereocenters. The smallest absolute Gasteiger partial charge is 0.338 e. The van der Waals surface area contributed by atoms with Gasteiger partial charge in [0.25, 0.3) is 5.91 Å². The van der Waals surface area contributed by atoms with E-state index in [9.17, 15) is 9.59 Å². The summed E-state index contributed by atoms with van der Waals surface area (Å²) < 4.78 is 4.82. The topological polar surface area (TPSA) is 46.6 Å². The molecule has 0 unspecified atom stereocenters. The van der Waals surface area contributed by atoms with Crippen LogP contribution in [0.2, 0.25) is 5.02 Å². The summed E-state index contributed by atoms with van der Waals surface area (Å²) >= 11 is 6.08. The summed E-state index contributed by atoms with van der Waals surface area (Å²) in [4.78, 5) is 27.0. The van der Waals surface area contributed by atoms with Crippen molar-refractivity contribution in [3.05, 3.63) is 34.3 Å². The molecule has 0 aliphatic heterocycles. The van der Waals surface area contributed by atoms with Crippen molar-refractivity contribution in [3.8, 4) is 0 Å².